The summed E-state index contributed by atoms with van der Waals surface area (Å²) in [5.74, 6) is -0.276. The number of morpholine rings is 1. The van der Waals surface area contributed by atoms with Crippen molar-refractivity contribution in [1.82, 2.24) is 14.3 Å². The number of rotatable bonds is 6. The highest BCUT2D eigenvalue weighted by Crippen LogP contribution is 2.27. The molecular formula is C17H19ClN4O4S. The molecule has 2 aromatic rings. The predicted molar refractivity (Wildman–Crippen MR) is 100 cm³/mol. The van der Waals surface area contributed by atoms with Crippen molar-refractivity contribution in [1.29, 1.82) is 0 Å². The van der Waals surface area contributed by atoms with Gasteiger partial charge in [-0.3, -0.25) is 4.79 Å². The van der Waals surface area contributed by atoms with Crippen LogP contribution in [0.4, 0.5) is 5.69 Å². The molecule has 0 unspecified atom stereocenters. The number of amides is 1. The van der Waals surface area contributed by atoms with Crippen molar-refractivity contribution in [2.24, 2.45) is 0 Å². The van der Waals surface area contributed by atoms with Crippen LogP contribution in [-0.2, 0) is 26.0 Å². The molecule has 0 saturated carbocycles. The molecule has 0 aliphatic carbocycles. The fourth-order valence-corrected chi connectivity index (χ4v) is 4.23. The van der Waals surface area contributed by atoms with E-state index in [-0.39, 0.29) is 27.9 Å². The van der Waals surface area contributed by atoms with Gasteiger partial charge in [0.25, 0.3) is 0 Å². The van der Waals surface area contributed by atoms with Crippen molar-refractivity contribution in [3.8, 4) is 0 Å². The standard InChI is InChI=1S/C17H19ClN4O4S/c18-15-3-2-14(27(24,25)22-5-7-26-8-6-22)9-16(15)21-17(23)4-1-13-10-19-12-20-11-13/h2-3,9-12H,1,4-8H2,(H,21,23). The SMILES string of the molecule is O=C(CCc1cncnc1)Nc1cc(S(=O)(=O)N2CCOCC2)ccc1Cl. The van der Waals surface area contributed by atoms with Gasteiger partial charge in [-0.1, -0.05) is 11.6 Å². The molecule has 0 spiro atoms. The molecule has 3 rings (SSSR count). The van der Waals surface area contributed by atoms with Gasteiger partial charge in [-0.2, -0.15) is 4.31 Å². The Labute approximate surface area is 162 Å². The zero-order valence-corrected chi connectivity index (χ0v) is 16.0. The van der Waals surface area contributed by atoms with Gasteiger partial charge in [0.1, 0.15) is 6.33 Å². The zero-order valence-electron chi connectivity index (χ0n) is 14.5. The summed E-state index contributed by atoms with van der Waals surface area (Å²) in [7, 11) is -3.67. The smallest absolute Gasteiger partial charge is 0.243 e. The first kappa shape index (κ1) is 19.7. The summed E-state index contributed by atoms with van der Waals surface area (Å²) in [5, 5.41) is 2.95. The van der Waals surface area contributed by atoms with Crippen LogP contribution in [0.15, 0.2) is 41.8 Å². The summed E-state index contributed by atoms with van der Waals surface area (Å²) < 4.78 is 32.1. The lowest BCUT2D eigenvalue weighted by molar-refractivity contribution is -0.116. The minimum absolute atomic E-state index is 0.0839. The Hall–Kier alpha value is -2.07. The van der Waals surface area contributed by atoms with E-state index < -0.39 is 10.0 Å². The number of aryl methyl sites for hydroxylation is 1. The number of ether oxygens (including phenoxy) is 1. The van der Waals surface area contributed by atoms with Crippen molar-refractivity contribution in [3.05, 3.63) is 47.5 Å². The summed E-state index contributed by atoms with van der Waals surface area (Å²) in [4.78, 5) is 20.1. The van der Waals surface area contributed by atoms with E-state index in [4.69, 9.17) is 16.3 Å². The molecule has 1 aromatic carbocycles. The topological polar surface area (TPSA) is 101 Å². The first-order valence-electron chi connectivity index (χ1n) is 8.38. The van der Waals surface area contributed by atoms with E-state index in [0.29, 0.717) is 32.7 Å². The summed E-state index contributed by atoms with van der Waals surface area (Å²) >= 11 is 6.13. The number of halogens is 1. The molecule has 1 aliphatic heterocycles. The molecule has 0 bridgehead atoms. The maximum absolute atomic E-state index is 12.7. The number of carbonyl (C=O) groups excluding carboxylic acids is 1. The highest BCUT2D eigenvalue weighted by Gasteiger charge is 2.27. The maximum Gasteiger partial charge on any atom is 0.243 e. The highest BCUT2D eigenvalue weighted by atomic mass is 35.5. The van der Waals surface area contributed by atoms with E-state index in [9.17, 15) is 13.2 Å². The molecule has 1 N–H and O–H groups in total. The third-order valence-electron chi connectivity index (χ3n) is 4.07. The first-order chi connectivity index (χ1) is 13.0. The molecule has 0 atom stereocenters. The third kappa shape index (κ3) is 5.01. The number of benzene rings is 1. The van der Waals surface area contributed by atoms with Gasteiger partial charge < -0.3 is 10.1 Å². The number of hydrogen-bond acceptors (Lipinski definition) is 6. The van der Waals surface area contributed by atoms with Gasteiger partial charge in [0.15, 0.2) is 0 Å². The van der Waals surface area contributed by atoms with Crippen molar-refractivity contribution in [3.63, 3.8) is 0 Å². The summed E-state index contributed by atoms with van der Waals surface area (Å²) in [5.41, 5.74) is 1.10. The quantitative estimate of drug-likeness (QED) is 0.778. The molecule has 27 heavy (non-hydrogen) atoms. The first-order valence-corrected chi connectivity index (χ1v) is 10.2. The minimum Gasteiger partial charge on any atom is -0.379 e. The van der Waals surface area contributed by atoms with E-state index in [1.807, 2.05) is 0 Å². The van der Waals surface area contributed by atoms with E-state index in [1.54, 1.807) is 12.4 Å². The van der Waals surface area contributed by atoms with Gasteiger partial charge in [0.05, 0.1) is 28.8 Å². The Kier molecular flexibility index (Phi) is 6.38. The second kappa shape index (κ2) is 8.75. The Balaban J connectivity index is 1.70. The van der Waals surface area contributed by atoms with Gasteiger partial charge >= 0.3 is 0 Å². The number of aromatic nitrogens is 2. The van der Waals surface area contributed by atoms with Gasteiger partial charge in [-0.25, -0.2) is 18.4 Å². The fourth-order valence-electron chi connectivity index (χ4n) is 2.63. The number of sulfonamides is 1. The van der Waals surface area contributed by atoms with E-state index in [1.165, 1.54) is 28.8 Å². The monoisotopic (exact) mass is 410 g/mol. The number of nitrogens with one attached hydrogen (secondary N) is 1. The van der Waals surface area contributed by atoms with Gasteiger partial charge in [-0.05, 0) is 30.2 Å². The third-order valence-corrected chi connectivity index (χ3v) is 6.30. The molecule has 2 heterocycles. The largest absolute Gasteiger partial charge is 0.379 e. The van der Waals surface area contributed by atoms with Crippen LogP contribution in [0.25, 0.3) is 0 Å². The van der Waals surface area contributed by atoms with Gasteiger partial charge in [-0.15, -0.1) is 0 Å². The second-order valence-corrected chi connectivity index (χ2v) is 8.30. The van der Waals surface area contributed by atoms with Crippen molar-refractivity contribution in [2.75, 3.05) is 31.6 Å². The molecule has 1 aromatic heterocycles. The van der Waals surface area contributed by atoms with Gasteiger partial charge in [0, 0.05) is 31.9 Å². The van der Waals surface area contributed by atoms with Crippen LogP contribution in [0.5, 0.6) is 0 Å². The van der Waals surface area contributed by atoms with E-state index >= 15 is 0 Å². The fraction of sp³-hybridized carbons (Fsp3) is 0.353. The predicted octanol–water partition coefficient (Wildman–Crippen LogP) is 1.72. The van der Waals surface area contributed by atoms with Crippen LogP contribution in [0.2, 0.25) is 5.02 Å². The molecule has 144 valence electrons. The van der Waals surface area contributed by atoms with Crippen molar-refractivity contribution < 1.29 is 17.9 Å². The van der Waals surface area contributed by atoms with Crippen LogP contribution in [-0.4, -0.2) is 54.9 Å². The maximum atomic E-state index is 12.7. The minimum atomic E-state index is -3.67. The number of nitrogens with zero attached hydrogens (tertiary/aromatic N) is 3. The van der Waals surface area contributed by atoms with Crippen molar-refractivity contribution >= 4 is 33.2 Å². The molecule has 1 saturated heterocycles. The average Bonchev–Trinajstić information content (AvgIpc) is 2.69. The lowest BCUT2D eigenvalue weighted by atomic mass is 10.2. The molecule has 0 radical (unpaired) electrons. The number of anilines is 1. The molecule has 1 amide bonds. The molecular weight excluding hydrogens is 392 g/mol. The van der Waals surface area contributed by atoms with Crippen LogP contribution in [0.1, 0.15) is 12.0 Å². The number of carbonyl (C=O) groups is 1. The van der Waals surface area contributed by atoms with Crippen LogP contribution in [0, 0.1) is 0 Å². The van der Waals surface area contributed by atoms with Crippen molar-refractivity contribution in [2.45, 2.75) is 17.7 Å². The zero-order chi connectivity index (χ0) is 19.3. The molecule has 8 nitrogen and oxygen atoms in total. The molecule has 10 heteroatoms. The summed E-state index contributed by atoms with van der Waals surface area (Å²) in [6.45, 7) is 1.32. The average molecular weight is 411 g/mol. The summed E-state index contributed by atoms with van der Waals surface area (Å²) in [6.07, 6.45) is 5.37. The molecule has 1 fully saturated rings. The Morgan fingerprint density at radius 1 is 1.22 bits per heavy atom. The van der Waals surface area contributed by atoms with E-state index in [2.05, 4.69) is 15.3 Å². The Morgan fingerprint density at radius 2 is 1.93 bits per heavy atom. The molecule has 1 aliphatic rings. The lowest BCUT2D eigenvalue weighted by Crippen LogP contribution is -2.40. The Bertz CT molecular complexity index is 902. The Morgan fingerprint density at radius 3 is 2.63 bits per heavy atom. The van der Waals surface area contributed by atoms with Gasteiger partial charge in [0.2, 0.25) is 15.9 Å². The highest BCUT2D eigenvalue weighted by molar-refractivity contribution is 7.89. The van der Waals surface area contributed by atoms with E-state index in [0.717, 1.165) is 5.56 Å². The number of hydrogen-bond donors (Lipinski definition) is 1. The summed E-state index contributed by atoms with van der Waals surface area (Å²) in [6, 6.07) is 4.29. The second-order valence-electron chi connectivity index (χ2n) is 5.95. The lowest BCUT2D eigenvalue weighted by Gasteiger charge is -2.26. The van der Waals surface area contributed by atoms with Crippen LogP contribution < -0.4 is 5.32 Å². The van der Waals surface area contributed by atoms with Crippen LogP contribution in [0.3, 0.4) is 0 Å². The normalized spacial score (nSPS) is 15.4. The van der Waals surface area contributed by atoms with Crippen LogP contribution >= 0.6 is 11.6 Å².